The maximum absolute atomic E-state index is 3.42. The average Bonchev–Trinajstić information content (AvgIpc) is 2.42. The Bertz CT molecular complexity index is 325. The molecule has 17 heavy (non-hydrogen) atoms. The summed E-state index contributed by atoms with van der Waals surface area (Å²) in [6.45, 7) is 9.11. The van der Waals surface area contributed by atoms with Gasteiger partial charge in [-0.2, -0.15) is 0 Å². The van der Waals surface area contributed by atoms with Crippen LogP contribution in [0.4, 0.5) is 0 Å². The van der Waals surface area contributed by atoms with Crippen LogP contribution in [0.5, 0.6) is 0 Å². The van der Waals surface area contributed by atoms with E-state index in [9.17, 15) is 0 Å². The van der Waals surface area contributed by atoms with Crippen molar-refractivity contribution >= 4 is 0 Å². The van der Waals surface area contributed by atoms with Crippen LogP contribution in [0, 0.1) is 0 Å². The highest BCUT2D eigenvalue weighted by Gasteiger charge is 2.20. The summed E-state index contributed by atoms with van der Waals surface area (Å²) >= 11 is 0. The first-order chi connectivity index (χ1) is 8.35. The van der Waals surface area contributed by atoms with Crippen LogP contribution >= 0.6 is 0 Å². The largest absolute Gasteiger partial charge is 0.314 e. The van der Waals surface area contributed by atoms with Crippen molar-refractivity contribution in [2.45, 2.75) is 32.7 Å². The Morgan fingerprint density at radius 1 is 1.12 bits per heavy atom. The van der Waals surface area contributed by atoms with E-state index < -0.39 is 0 Å². The van der Waals surface area contributed by atoms with Gasteiger partial charge in [-0.05, 0) is 24.0 Å². The third-order valence-electron chi connectivity index (χ3n) is 3.75. The summed E-state index contributed by atoms with van der Waals surface area (Å²) in [7, 11) is 0. The molecule has 1 N–H and O–H groups in total. The highest BCUT2D eigenvalue weighted by Crippen LogP contribution is 2.24. The number of hydrogen-bond donors (Lipinski definition) is 1. The van der Waals surface area contributed by atoms with E-state index in [1.54, 1.807) is 0 Å². The van der Waals surface area contributed by atoms with Crippen molar-refractivity contribution in [1.29, 1.82) is 0 Å². The van der Waals surface area contributed by atoms with Gasteiger partial charge in [0.05, 0.1) is 0 Å². The molecule has 1 aromatic rings. The topological polar surface area (TPSA) is 15.3 Å². The van der Waals surface area contributed by atoms with Gasteiger partial charge in [0.15, 0.2) is 0 Å². The molecule has 2 rings (SSSR count). The Morgan fingerprint density at radius 2 is 1.76 bits per heavy atom. The zero-order chi connectivity index (χ0) is 12.1. The molecular weight excluding hydrogens is 208 g/mol. The summed E-state index contributed by atoms with van der Waals surface area (Å²) in [5.74, 6) is 0. The van der Waals surface area contributed by atoms with E-state index in [0.717, 1.165) is 19.5 Å². The first kappa shape index (κ1) is 12.6. The van der Waals surface area contributed by atoms with Crippen LogP contribution in [-0.2, 0) is 6.42 Å². The molecule has 1 heterocycles. The Kier molecular flexibility index (Phi) is 4.57. The number of rotatable bonds is 4. The predicted octanol–water partition coefficient (Wildman–Crippen LogP) is 2.61. The van der Waals surface area contributed by atoms with Gasteiger partial charge in [0.25, 0.3) is 0 Å². The molecule has 1 aliphatic heterocycles. The van der Waals surface area contributed by atoms with Gasteiger partial charge in [0, 0.05) is 32.2 Å². The number of piperazine rings is 1. The van der Waals surface area contributed by atoms with Crippen molar-refractivity contribution < 1.29 is 0 Å². The fraction of sp³-hybridized carbons (Fsp3) is 0.600. The van der Waals surface area contributed by atoms with E-state index in [-0.39, 0.29) is 0 Å². The van der Waals surface area contributed by atoms with Crippen LogP contribution in [0.1, 0.15) is 37.4 Å². The highest BCUT2D eigenvalue weighted by molar-refractivity contribution is 5.25. The highest BCUT2D eigenvalue weighted by atomic mass is 15.2. The molecule has 0 bridgehead atoms. The SMILES string of the molecule is CCc1ccc([C@@H](CC)N2CCNCC2)cc1. The first-order valence-corrected chi connectivity index (χ1v) is 6.88. The van der Waals surface area contributed by atoms with Crippen molar-refractivity contribution in [3.8, 4) is 0 Å². The molecular formula is C15H24N2. The van der Waals surface area contributed by atoms with Gasteiger partial charge < -0.3 is 5.32 Å². The molecule has 94 valence electrons. The third-order valence-corrected chi connectivity index (χ3v) is 3.75. The van der Waals surface area contributed by atoms with Gasteiger partial charge in [0.1, 0.15) is 0 Å². The maximum Gasteiger partial charge on any atom is 0.0346 e. The predicted molar refractivity (Wildman–Crippen MR) is 73.3 cm³/mol. The van der Waals surface area contributed by atoms with Gasteiger partial charge in [0.2, 0.25) is 0 Å². The van der Waals surface area contributed by atoms with E-state index in [1.807, 2.05) is 0 Å². The molecule has 0 unspecified atom stereocenters. The standard InChI is InChI=1S/C15H24N2/c1-3-13-5-7-14(8-6-13)15(4-2)17-11-9-16-10-12-17/h5-8,15-16H,3-4,9-12H2,1-2H3/t15-/m1/s1. The van der Waals surface area contributed by atoms with Crippen LogP contribution in [0.25, 0.3) is 0 Å². The van der Waals surface area contributed by atoms with Crippen molar-refractivity contribution in [3.63, 3.8) is 0 Å². The van der Waals surface area contributed by atoms with Crippen molar-refractivity contribution in [1.82, 2.24) is 10.2 Å². The lowest BCUT2D eigenvalue weighted by Crippen LogP contribution is -2.45. The zero-order valence-corrected chi connectivity index (χ0v) is 11.1. The van der Waals surface area contributed by atoms with Crippen LogP contribution in [0.3, 0.4) is 0 Å². The second kappa shape index (κ2) is 6.18. The Balaban J connectivity index is 2.10. The Morgan fingerprint density at radius 3 is 2.29 bits per heavy atom. The van der Waals surface area contributed by atoms with E-state index in [1.165, 1.54) is 30.6 Å². The molecule has 0 aliphatic carbocycles. The fourth-order valence-electron chi connectivity index (χ4n) is 2.67. The molecule has 0 radical (unpaired) electrons. The van der Waals surface area contributed by atoms with Crippen LogP contribution in [-0.4, -0.2) is 31.1 Å². The van der Waals surface area contributed by atoms with Crippen LogP contribution in [0.15, 0.2) is 24.3 Å². The smallest absolute Gasteiger partial charge is 0.0346 e. The summed E-state index contributed by atoms with van der Waals surface area (Å²) in [5, 5.41) is 3.42. The lowest BCUT2D eigenvalue weighted by molar-refractivity contribution is 0.169. The Labute approximate surface area is 105 Å². The van der Waals surface area contributed by atoms with Gasteiger partial charge in [-0.3, -0.25) is 4.90 Å². The summed E-state index contributed by atoms with van der Waals surface area (Å²) in [6, 6.07) is 9.78. The van der Waals surface area contributed by atoms with Crippen LogP contribution in [0.2, 0.25) is 0 Å². The van der Waals surface area contributed by atoms with E-state index >= 15 is 0 Å². The molecule has 0 aromatic heterocycles. The quantitative estimate of drug-likeness (QED) is 0.858. The van der Waals surface area contributed by atoms with E-state index in [4.69, 9.17) is 0 Å². The van der Waals surface area contributed by atoms with Crippen molar-refractivity contribution in [2.75, 3.05) is 26.2 Å². The number of nitrogens with one attached hydrogen (secondary N) is 1. The fourth-order valence-corrected chi connectivity index (χ4v) is 2.67. The molecule has 0 spiro atoms. The third kappa shape index (κ3) is 3.08. The first-order valence-electron chi connectivity index (χ1n) is 6.88. The van der Waals surface area contributed by atoms with Gasteiger partial charge in [-0.1, -0.05) is 38.1 Å². The zero-order valence-electron chi connectivity index (χ0n) is 11.1. The number of nitrogens with zero attached hydrogens (tertiary/aromatic N) is 1. The minimum absolute atomic E-state index is 0.600. The van der Waals surface area contributed by atoms with Gasteiger partial charge in [-0.15, -0.1) is 0 Å². The average molecular weight is 232 g/mol. The molecule has 2 heteroatoms. The molecule has 1 aliphatic rings. The summed E-state index contributed by atoms with van der Waals surface area (Å²) in [4.78, 5) is 2.61. The van der Waals surface area contributed by atoms with Crippen molar-refractivity contribution in [2.24, 2.45) is 0 Å². The Hall–Kier alpha value is -0.860. The summed E-state index contributed by atoms with van der Waals surface area (Å²) < 4.78 is 0. The minimum Gasteiger partial charge on any atom is -0.314 e. The molecule has 0 saturated carbocycles. The monoisotopic (exact) mass is 232 g/mol. The molecule has 2 nitrogen and oxygen atoms in total. The lowest BCUT2D eigenvalue weighted by atomic mass is 10.00. The van der Waals surface area contributed by atoms with Crippen molar-refractivity contribution in [3.05, 3.63) is 35.4 Å². The minimum atomic E-state index is 0.600. The molecule has 1 aromatic carbocycles. The van der Waals surface area contributed by atoms with Crippen LogP contribution < -0.4 is 5.32 Å². The normalized spacial score (nSPS) is 19.2. The number of aryl methyl sites for hydroxylation is 1. The van der Waals surface area contributed by atoms with Gasteiger partial charge >= 0.3 is 0 Å². The second-order valence-electron chi connectivity index (χ2n) is 4.81. The molecule has 1 fully saturated rings. The summed E-state index contributed by atoms with van der Waals surface area (Å²) in [6.07, 6.45) is 2.33. The number of benzene rings is 1. The maximum atomic E-state index is 3.42. The van der Waals surface area contributed by atoms with E-state index in [2.05, 4.69) is 48.3 Å². The lowest BCUT2D eigenvalue weighted by Gasteiger charge is -2.34. The molecule has 0 amide bonds. The summed E-state index contributed by atoms with van der Waals surface area (Å²) in [5.41, 5.74) is 2.91. The molecule has 1 saturated heterocycles. The number of hydrogen-bond acceptors (Lipinski definition) is 2. The van der Waals surface area contributed by atoms with E-state index in [0.29, 0.717) is 6.04 Å². The van der Waals surface area contributed by atoms with Gasteiger partial charge in [-0.25, -0.2) is 0 Å². The second-order valence-corrected chi connectivity index (χ2v) is 4.81. The molecule has 1 atom stereocenters.